The SMILES string of the molecule is Nc1cc(N)cc(N2C(=O)CCC2=O)c1. The molecule has 1 heterocycles. The number of nitrogens with two attached hydrogens (primary N) is 2. The van der Waals surface area contributed by atoms with Crippen LogP contribution in [-0.2, 0) is 9.59 Å². The van der Waals surface area contributed by atoms with Crippen LogP contribution in [0.25, 0.3) is 0 Å². The number of anilines is 3. The molecule has 1 aromatic rings. The van der Waals surface area contributed by atoms with E-state index in [-0.39, 0.29) is 24.7 Å². The monoisotopic (exact) mass is 205 g/mol. The molecule has 15 heavy (non-hydrogen) atoms. The van der Waals surface area contributed by atoms with Crippen molar-refractivity contribution in [3.05, 3.63) is 18.2 Å². The van der Waals surface area contributed by atoms with Crippen molar-refractivity contribution in [2.45, 2.75) is 12.8 Å². The molecule has 1 saturated heterocycles. The topological polar surface area (TPSA) is 89.4 Å². The fraction of sp³-hybridized carbons (Fsp3) is 0.200. The number of nitrogen functional groups attached to an aromatic ring is 2. The molecule has 0 radical (unpaired) electrons. The Kier molecular flexibility index (Phi) is 2.07. The van der Waals surface area contributed by atoms with Crippen molar-refractivity contribution < 1.29 is 9.59 Å². The third-order valence-corrected chi connectivity index (χ3v) is 2.27. The second kappa shape index (κ2) is 3.27. The number of hydrogen-bond donors (Lipinski definition) is 2. The summed E-state index contributed by atoms with van der Waals surface area (Å²) in [7, 11) is 0. The fourth-order valence-corrected chi connectivity index (χ4v) is 1.65. The molecule has 1 aliphatic heterocycles. The second-order valence-corrected chi connectivity index (χ2v) is 3.48. The summed E-state index contributed by atoms with van der Waals surface area (Å²) >= 11 is 0. The van der Waals surface area contributed by atoms with Crippen LogP contribution in [0.4, 0.5) is 17.1 Å². The summed E-state index contributed by atoms with van der Waals surface area (Å²) in [5.41, 5.74) is 12.5. The minimum atomic E-state index is -0.204. The Labute approximate surface area is 86.6 Å². The molecule has 5 heteroatoms. The van der Waals surface area contributed by atoms with Crippen LogP contribution in [0.15, 0.2) is 18.2 Å². The van der Waals surface area contributed by atoms with Crippen molar-refractivity contribution >= 4 is 28.9 Å². The smallest absolute Gasteiger partial charge is 0.234 e. The molecule has 1 fully saturated rings. The third-order valence-electron chi connectivity index (χ3n) is 2.27. The van der Waals surface area contributed by atoms with Crippen LogP contribution in [0.2, 0.25) is 0 Å². The van der Waals surface area contributed by atoms with E-state index in [1.54, 1.807) is 18.2 Å². The molecule has 0 aromatic heterocycles. The number of amides is 2. The molecule has 2 amide bonds. The van der Waals surface area contributed by atoms with E-state index in [1.807, 2.05) is 0 Å². The lowest BCUT2D eigenvalue weighted by Crippen LogP contribution is -2.28. The normalized spacial score (nSPS) is 16.1. The van der Waals surface area contributed by atoms with Gasteiger partial charge in [-0.25, -0.2) is 0 Å². The van der Waals surface area contributed by atoms with Gasteiger partial charge in [0.1, 0.15) is 0 Å². The minimum Gasteiger partial charge on any atom is -0.399 e. The Morgan fingerprint density at radius 2 is 1.40 bits per heavy atom. The van der Waals surface area contributed by atoms with Crippen molar-refractivity contribution in [1.29, 1.82) is 0 Å². The summed E-state index contributed by atoms with van der Waals surface area (Å²) in [5, 5.41) is 0. The van der Waals surface area contributed by atoms with Crippen LogP contribution in [0.1, 0.15) is 12.8 Å². The molecule has 0 spiro atoms. The minimum absolute atomic E-state index is 0.204. The first-order chi connectivity index (χ1) is 7.08. The Hall–Kier alpha value is -2.04. The van der Waals surface area contributed by atoms with Gasteiger partial charge >= 0.3 is 0 Å². The zero-order valence-corrected chi connectivity index (χ0v) is 8.06. The molecule has 78 valence electrons. The Balaban J connectivity index is 2.44. The highest BCUT2D eigenvalue weighted by atomic mass is 16.2. The van der Waals surface area contributed by atoms with Gasteiger partial charge in [0.2, 0.25) is 11.8 Å². The summed E-state index contributed by atoms with van der Waals surface area (Å²) in [6.07, 6.45) is 0.515. The van der Waals surface area contributed by atoms with E-state index >= 15 is 0 Å². The van der Waals surface area contributed by atoms with Gasteiger partial charge in [-0.2, -0.15) is 0 Å². The van der Waals surface area contributed by atoms with E-state index in [0.717, 1.165) is 4.90 Å². The van der Waals surface area contributed by atoms with Crippen molar-refractivity contribution in [3.63, 3.8) is 0 Å². The largest absolute Gasteiger partial charge is 0.399 e. The van der Waals surface area contributed by atoms with E-state index in [2.05, 4.69) is 0 Å². The van der Waals surface area contributed by atoms with Gasteiger partial charge < -0.3 is 11.5 Å². The van der Waals surface area contributed by atoms with Gasteiger partial charge in [-0.15, -0.1) is 0 Å². The molecule has 0 unspecified atom stereocenters. The van der Waals surface area contributed by atoms with E-state index in [4.69, 9.17) is 11.5 Å². The number of rotatable bonds is 1. The molecule has 0 atom stereocenters. The van der Waals surface area contributed by atoms with Crippen molar-refractivity contribution in [1.82, 2.24) is 0 Å². The van der Waals surface area contributed by atoms with Gasteiger partial charge in [-0.1, -0.05) is 0 Å². The van der Waals surface area contributed by atoms with Gasteiger partial charge in [0.25, 0.3) is 0 Å². The summed E-state index contributed by atoms with van der Waals surface area (Å²) < 4.78 is 0. The van der Waals surface area contributed by atoms with Crippen molar-refractivity contribution in [2.75, 3.05) is 16.4 Å². The van der Waals surface area contributed by atoms with E-state index in [1.165, 1.54) is 0 Å². The van der Waals surface area contributed by atoms with Crippen LogP contribution >= 0.6 is 0 Å². The summed E-state index contributed by atoms with van der Waals surface area (Å²) in [4.78, 5) is 24.0. The second-order valence-electron chi connectivity index (χ2n) is 3.48. The molecular formula is C10H11N3O2. The highest BCUT2D eigenvalue weighted by Gasteiger charge is 2.30. The number of hydrogen-bond acceptors (Lipinski definition) is 4. The maximum absolute atomic E-state index is 11.4. The molecule has 0 bridgehead atoms. The number of benzene rings is 1. The predicted octanol–water partition coefficient (Wildman–Crippen LogP) is 0.504. The van der Waals surface area contributed by atoms with Crippen LogP contribution in [0, 0.1) is 0 Å². The molecule has 2 rings (SSSR count). The molecule has 1 aromatic carbocycles. The lowest BCUT2D eigenvalue weighted by molar-refractivity contribution is -0.121. The number of carbonyl (C=O) groups is 2. The van der Waals surface area contributed by atoms with Crippen LogP contribution in [0.5, 0.6) is 0 Å². The summed E-state index contributed by atoms with van der Waals surface area (Å²) in [5.74, 6) is -0.407. The molecule has 5 nitrogen and oxygen atoms in total. The first kappa shape index (κ1) is 9.51. The van der Waals surface area contributed by atoms with E-state index in [9.17, 15) is 9.59 Å². The van der Waals surface area contributed by atoms with Crippen molar-refractivity contribution in [3.8, 4) is 0 Å². The van der Waals surface area contributed by atoms with Gasteiger partial charge in [-0.05, 0) is 18.2 Å². The van der Waals surface area contributed by atoms with Gasteiger partial charge in [-0.3, -0.25) is 14.5 Å². The standard InChI is InChI=1S/C10H11N3O2/c11-6-3-7(12)5-8(4-6)13-9(14)1-2-10(13)15/h3-5H,1-2,11-12H2. The zero-order valence-electron chi connectivity index (χ0n) is 8.06. The molecule has 0 aliphatic carbocycles. The third kappa shape index (κ3) is 1.63. The van der Waals surface area contributed by atoms with E-state index in [0.29, 0.717) is 17.1 Å². The molecular weight excluding hydrogens is 194 g/mol. The Morgan fingerprint density at radius 3 is 1.87 bits per heavy atom. The average molecular weight is 205 g/mol. The first-order valence-corrected chi connectivity index (χ1v) is 4.60. The number of carbonyl (C=O) groups excluding carboxylic acids is 2. The van der Waals surface area contributed by atoms with E-state index < -0.39 is 0 Å². The summed E-state index contributed by atoms with van der Waals surface area (Å²) in [6.45, 7) is 0. The number of nitrogens with zero attached hydrogens (tertiary/aromatic N) is 1. The Morgan fingerprint density at radius 1 is 0.933 bits per heavy atom. The maximum atomic E-state index is 11.4. The lowest BCUT2D eigenvalue weighted by Gasteiger charge is -2.14. The molecule has 1 aliphatic rings. The van der Waals surface area contributed by atoms with Crippen LogP contribution in [0.3, 0.4) is 0 Å². The highest BCUT2D eigenvalue weighted by Crippen LogP contribution is 2.26. The van der Waals surface area contributed by atoms with Crippen LogP contribution < -0.4 is 16.4 Å². The quantitative estimate of drug-likeness (QED) is 0.516. The van der Waals surface area contributed by atoms with Gasteiger partial charge in [0.05, 0.1) is 5.69 Å². The lowest BCUT2D eigenvalue weighted by atomic mass is 10.2. The zero-order chi connectivity index (χ0) is 11.0. The fourth-order valence-electron chi connectivity index (χ4n) is 1.65. The van der Waals surface area contributed by atoms with Gasteiger partial charge in [0.15, 0.2) is 0 Å². The number of imide groups is 1. The first-order valence-electron chi connectivity index (χ1n) is 4.60. The van der Waals surface area contributed by atoms with Crippen LogP contribution in [-0.4, -0.2) is 11.8 Å². The molecule has 0 saturated carbocycles. The van der Waals surface area contributed by atoms with Gasteiger partial charge in [0, 0.05) is 24.2 Å². The Bertz CT molecular complexity index is 406. The highest BCUT2D eigenvalue weighted by molar-refractivity contribution is 6.20. The molecule has 4 N–H and O–H groups in total. The average Bonchev–Trinajstić information content (AvgIpc) is 2.44. The maximum Gasteiger partial charge on any atom is 0.234 e. The predicted molar refractivity (Wildman–Crippen MR) is 57.0 cm³/mol. The summed E-state index contributed by atoms with van der Waals surface area (Å²) in [6, 6.07) is 4.71. The van der Waals surface area contributed by atoms with Crippen molar-refractivity contribution in [2.24, 2.45) is 0 Å².